The Morgan fingerprint density at radius 2 is 1.22 bits per heavy atom. The van der Waals surface area contributed by atoms with E-state index in [0.717, 1.165) is 0 Å². The van der Waals surface area contributed by atoms with Gasteiger partial charge in [0.1, 0.15) is 0 Å². The van der Waals surface area contributed by atoms with Crippen molar-refractivity contribution in [2.75, 3.05) is 0 Å². The first-order chi connectivity index (χ1) is 4.20. The van der Waals surface area contributed by atoms with Gasteiger partial charge in [-0.25, -0.2) is 0 Å². The molecule has 9 heavy (non-hydrogen) atoms. The lowest BCUT2D eigenvalue weighted by Crippen LogP contribution is -2.57. The zero-order valence-corrected chi connectivity index (χ0v) is 5.64. The van der Waals surface area contributed by atoms with Crippen LogP contribution >= 0.6 is 0 Å². The predicted molar refractivity (Wildman–Crippen MR) is 36.9 cm³/mol. The van der Waals surface area contributed by atoms with E-state index >= 15 is 0 Å². The Morgan fingerprint density at radius 1 is 0.889 bits per heavy atom. The average Bonchev–Trinajstić information content (AvgIpc) is 1.58. The lowest BCUT2D eigenvalue weighted by molar-refractivity contribution is -0.00523. The zero-order chi connectivity index (χ0) is 6.48. The molecule has 2 heteroatoms. The fourth-order valence-corrected chi connectivity index (χ4v) is 2.44. The van der Waals surface area contributed by atoms with Crippen LogP contribution in [0.2, 0.25) is 0 Å². The average molecular weight is 126 g/mol. The van der Waals surface area contributed by atoms with Gasteiger partial charge in [0.05, 0.1) is 0 Å². The fraction of sp³-hybridized carbons (Fsp3) is 1.00. The third-order valence-corrected chi connectivity index (χ3v) is 2.78. The fourth-order valence-electron chi connectivity index (χ4n) is 2.44. The van der Waals surface area contributed by atoms with Crippen molar-refractivity contribution in [3.05, 3.63) is 0 Å². The van der Waals surface area contributed by atoms with Crippen molar-refractivity contribution < 1.29 is 0 Å². The van der Waals surface area contributed by atoms with Gasteiger partial charge in [-0.15, -0.1) is 0 Å². The smallest absolute Gasteiger partial charge is 0.00494 e. The first-order valence-corrected chi connectivity index (χ1v) is 3.71. The van der Waals surface area contributed by atoms with Crippen LogP contribution in [0.15, 0.2) is 0 Å². The van der Waals surface area contributed by atoms with Gasteiger partial charge < -0.3 is 11.5 Å². The van der Waals surface area contributed by atoms with Crippen molar-refractivity contribution in [3.63, 3.8) is 0 Å². The summed E-state index contributed by atoms with van der Waals surface area (Å²) in [6, 6.07) is 0.995. The molecule has 0 aliphatic heterocycles. The standard InChI is InChI=1S/C7H14N2/c8-5-1-7(2-5)3-6(9)4-7/h5-6H,1-4,8-9H2/t5-,6-,7?. The first-order valence-electron chi connectivity index (χ1n) is 3.71. The van der Waals surface area contributed by atoms with Gasteiger partial charge in [-0.3, -0.25) is 0 Å². The van der Waals surface area contributed by atoms with Gasteiger partial charge in [-0.1, -0.05) is 0 Å². The Labute approximate surface area is 55.6 Å². The van der Waals surface area contributed by atoms with Gasteiger partial charge in [-0.2, -0.15) is 0 Å². The third kappa shape index (κ3) is 0.700. The second-order valence-electron chi connectivity index (χ2n) is 3.84. The highest BCUT2D eigenvalue weighted by Gasteiger charge is 2.50. The predicted octanol–water partition coefficient (Wildman–Crippen LogP) is 0.215. The van der Waals surface area contributed by atoms with Gasteiger partial charge >= 0.3 is 0 Å². The van der Waals surface area contributed by atoms with Crippen molar-refractivity contribution in [2.45, 2.75) is 37.8 Å². The number of hydrogen-bond acceptors (Lipinski definition) is 2. The molecule has 2 aliphatic carbocycles. The highest BCUT2D eigenvalue weighted by atomic mass is 14.8. The topological polar surface area (TPSA) is 52.0 Å². The highest BCUT2D eigenvalue weighted by Crippen LogP contribution is 2.54. The second-order valence-corrected chi connectivity index (χ2v) is 3.84. The Balaban J connectivity index is 1.87. The van der Waals surface area contributed by atoms with Crippen LogP contribution in [0.3, 0.4) is 0 Å². The molecule has 2 fully saturated rings. The summed E-state index contributed by atoms with van der Waals surface area (Å²) >= 11 is 0. The molecule has 0 aromatic heterocycles. The van der Waals surface area contributed by atoms with Crippen LogP contribution in [0, 0.1) is 5.41 Å². The Kier molecular flexibility index (Phi) is 0.945. The van der Waals surface area contributed by atoms with Crippen LogP contribution in [0.25, 0.3) is 0 Å². The molecule has 52 valence electrons. The van der Waals surface area contributed by atoms with Crippen molar-refractivity contribution in [1.29, 1.82) is 0 Å². The molecule has 0 atom stereocenters. The molecule has 0 amide bonds. The summed E-state index contributed by atoms with van der Waals surface area (Å²) in [4.78, 5) is 0. The lowest BCUT2D eigenvalue weighted by atomic mass is 9.52. The number of hydrogen-bond donors (Lipinski definition) is 2. The number of nitrogens with two attached hydrogens (primary N) is 2. The monoisotopic (exact) mass is 126 g/mol. The summed E-state index contributed by atoms with van der Waals surface area (Å²) in [5.41, 5.74) is 12.0. The maximum atomic E-state index is 5.67. The molecule has 0 heterocycles. The van der Waals surface area contributed by atoms with E-state index in [2.05, 4.69) is 0 Å². The van der Waals surface area contributed by atoms with Crippen LogP contribution in [-0.2, 0) is 0 Å². The van der Waals surface area contributed by atoms with E-state index in [4.69, 9.17) is 11.5 Å². The third-order valence-electron chi connectivity index (χ3n) is 2.78. The zero-order valence-electron chi connectivity index (χ0n) is 5.64. The van der Waals surface area contributed by atoms with E-state index in [1.165, 1.54) is 25.7 Å². The summed E-state index contributed by atoms with van der Waals surface area (Å²) in [5.74, 6) is 0. The SMILES string of the molecule is N[C@H]1CC2(C[C@H](N)C2)C1. The van der Waals surface area contributed by atoms with E-state index in [1.807, 2.05) is 0 Å². The van der Waals surface area contributed by atoms with E-state index in [-0.39, 0.29) is 0 Å². The first kappa shape index (κ1) is 5.69. The molecule has 1 spiro atoms. The minimum absolute atomic E-state index is 0.498. The largest absolute Gasteiger partial charge is 0.328 e. The summed E-state index contributed by atoms with van der Waals surface area (Å²) in [5, 5.41) is 0. The molecule has 0 aromatic rings. The van der Waals surface area contributed by atoms with E-state index < -0.39 is 0 Å². The summed E-state index contributed by atoms with van der Waals surface area (Å²) in [7, 11) is 0. The molecule has 0 unspecified atom stereocenters. The summed E-state index contributed by atoms with van der Waals surface area (Å²) in [6.07, 6.45) is 4.95. The van der Waals surface area contributed by atoms with Crippen LogP contribution in [0.1, 0.15) is 25.7 Å². The van der Waals surface area contributed by atoms with Crippen LogP contribution < -0.4 is 11.5 Å². The lowest BCUT2D eigenvalue weighted by Gasteiger charge is -2.56. The molecule has 0 saturated heterocycles. The van der Waals surface area contributed by atoms with Crippen molar-refractivity contribution >= 4 is 0 Å². The van der Waals surface area contributed by atoms with E-state index in [9.17, 15) is 0 Å². The van der Waals surface area contributed by atoms with Gasteiger partial charge in [0.25, 0.3) is 0 Å². The van der Waals surface area contributed by atoms with Crippen LogP contribution in [-0.4, -0.2) is 12.1 Å². The summed E-state index contributed by atoms with van der Waals surface area (Å²) < 4.78 is 0. The van der Waals surface area contributed by atoms with Gasteiger partial charge in [-0.05, 0) is 31.1 Å². The molecule has 0 aromatic carbocycles. The van der Waals surface area contributed by atoms with Crippen LogP contribution in [0.4, 0.5) is 0 Å². The maximum absolute atomic E-state index is 5.67. The molecule has 2 saturated carbocycles. The molecule has 2 aliphatic rings. The van der Waals surface area contributed by atoms with Crippen molar-refractivity contribution in [1.82, 2.24) is 0 Å². The molecule has 0 radical (unpaired) electrons. The summed E-state index contributed by atoms with van der Waals surface area (Å²) in [6.45, 7) is 0. The molecule has 2 rings (SSSR count). The Bertz CT molecular complexity index is 101. The molecule has 0 bridgehead atoms. The quantitative estimate of drug-likeness (QED) is 0.487. The van der Waals surface area contributed by atoms with Crippen LogP contribution in [0.5, 0.6) is 0 Å². The highest BCUT2D eigenvalue weighted by molar-refractivity contribution is 5.06. The van der Waals surface area contributed by atoms with Gasteiger partial charge in [0.2, 0.25) is 0 Å². The second kappa shape index (κ2) is 1.50. The number of rotatable bonds is 0. The van der Waals surface area contributed by atoms with Crippen molar-refractivity contribution in [2.24, 2.45) is 16.9 Å². The van der Waals surface area contributed by atoms with Crippen molar-refractivity contribution in [3.8, 4) is 0 Å². The minimum Gasteiger partial charge on any atom is -0.328 e. The molecule has 2 nitrogen and oxygen atoms in total. The van der Waals surface area contributed by atoms with Gasteiger partial charge in [0, 0.05) is 12.1 Å². The Morgan fingerprint density at radius 3 is 1.44 bits per heavy atom. The normalized spacial score (nSPS) is 56.7. The molecule has 4 N–H and O–H groups in total. The maximum Gasteiger partial charge on any atom is 0.00494 e. The van der Waals surface area contributed by atoms with Gasteiger partial charge in [0.15, 0.2) is 0 Å². The van der Waals surface area contributed by atoms with E-state index in [1.54, 1.807) is 0 Å². The molecular formula is C7H14N2. The minimum atomic E-state index is 0.498. The Hall–Kier alpha value is -0.0800. The molecular weight excluding hydrogens is 112 g/mol. The van der Waals surface area contributed by atoms with E-state index in [0.29, 0.717) is 17.5 Å².